The molecule has 0 aromatic carbocycles. The lowest BCUT2D eigenvalue weighted by Crippen LogP contribution is -2.50. The number of amides is 1. The molecule has 2 rings (SSSR count). The van der Waals surface area contributed by atoms with Gasteiger partial charge in [-0.25, -0.2) is 4.79 Å². The third-order valence-electron chi connectivity index (χ3n) is 4.37. The van der Waals surface area contributed by atoms with Crippen molar-refractivity contribution in [3.05, 3.63) is 12.1 Å². The highest BCUT2D eigenvalue weighted by atomic mass is 16.7. The topological polar surface area (TPSA) is 48.0 Å². The molecule has 2 fully saturated rings. The molecule has 0 unspecified atom stereocenters. The summed E-state index contributed by atoms with van der Waals surface area (Å²) in [7, 11) is -0.319. The van der Waals surface area contributed by atoms with Gasteiger partial charge in [-0.3, -0.25) is 0 Å². The maximum Gasteiger partial charge on any atom is 0.486 e. The fourth-order valence-corrected chi connectivity index (χ4v) is 2.33. The number of carbonyl (C=O) groups is 1. The lowest BCUT2D eigenvalue weighted by molar-refractivity contribution is 0.00493. The number of ether oxygens (including phenoxy) is 1. The van der Waals surface area contributed by atoms with E-state index in [1.165, 1.54) is 0 Å². The zero-order chi connectivity index (χ0) is 16.8. The van der Waals surface area contributed by atoms with Gasteiger partial charge >= 0.3 is 13.2 Å². The van der Waals surface area contributed by atoms with Crippen molar-refractivity contribution >= 4 is 13.2 Å². The van der Waals surface area contributed by atoms with Crippen LogP contribution in [0.3, 0.4) is 0 Å². The smallest absolute Gasteiger partial charge is 0.444 e. The first kappa shape index (κ1) is 17.4. The van der Waals surface area contributed by atoms with E-state index in [2.05, 4.69) is 6.08 Å². The van der Waals surface area contributed by atoms with E-state index in [0.717, 1.165) is 0 Å². The standard InChI is InChI=1S/C16H28BNO4/c1-14(2,3)20-13(19)18-10-12(11-18)8-9-17-21-15(4,5)16(6,7)22-17/h8-9,12H,10-11H2,1-7H3/b9-8+. The van der Waals surface area contributed by atoms with Crippen LogP contribution in [-0.2, 0) is 14.0 Å². The Hall–Kier alpha value is -1.01. The van der Waals surface area contributed by atoms with Crippen LogP contribution in [0.25, 0.3) is 0 Å². The minimum atomic E-state index is -0.444. The van der Waals surface area contributed by atoms with Crippen molar-refractivity contribution < 1.29 is 18.8 Å². The summed E-state index contributed by atoms with van der Waals surface area (Å²) < 4.78 is 17.2. The summed E-state index contributed by atoms with van der Waals surface area (Å²) >= 11 is 0. The quantitative estimate of drug-likeness (QED) is 0.736. The van der Waals surface area contributed by atoms with Gasteiger partial charge in [-0.1, -0.05) is 12.1 Å². The van der Waals surface area contributed by atoms with Crippen LogP contribution in [0, 0.1) is 5.92 Å². The summed E-state index contributed by atoms with van der Waals surface area (Å²) in [4.78, 5) is 13.6. The lowest BCUT2D eigenvalue weighted by atomic mass is 9.86. The average Bonchev–Trinajstić information content (AvgIpc) is 2.42. The number of hydrogen-bond donors (Lipinski definition) is 0. The summed E-state index contributed by atoms with van der Waals surface area (Å²) in [5.74, 6) is 2.29. The van der Waals surface area contributed by atoms with Gasteiger partial charge in [-0.2, -0.15) is 0 Å². The first-order valence-corrected chi connectivity index (χ1v) is 7.91. The molecule has 0 atom stereocenters. The van der Waals surface area contributed by atoms with E-state index >= 15 is 0 Å². The molecule has 0 aromatic heterocycles. The highest BCUT2D eigenvalue weighted by Gasteiger charge is 2.50. The molecule has 0 N–H and O–H groups in total. The minimum absolute atomic E-state index is 0.243. The molecule has 5 nitrogen and oxygen atoms in total. The predicted molar refractivity (Wildman–Crippen MR) is 86.5 cm³/mol. The normalized spacial score (nSPS) is 24.7. The molecule has 0 bridgehead atoms. The van der Waals surface area contributed by atoms with E-state index in [-0.39, 0.29) is 24.4 Å². The van der Waals surface area contributed by atoms with Gasteiger partial charge in [0.2, 0.25) is 0 Å². The maximum atomic E-state index is 11.8. The van der Waals surface area contributed by atoms with Crippen LogP contribution < -0.4 is 0 Å². The fraction of sp³-hybridized carbons (Fsp3) is 0.812. The van der Waals surface area contributed by atoms with Gasteiger partial charge in [0.05, 0.1) is 11.2 Å². The van der Waals surface area contributed by atoms with Crippen molar-refractivity contribution in [2.24, 2.45) is 5.92 Å². The Bertz CT molecular complexity index is 445. The summed E-state index contributed by atoms with van der Waals surface area (Å²) in [6.07, 6.45) is 1.83. The molecule has 1 amide bonds. The monoisotopic (exact) mass is 309 g/mol. The Morgan fingerprint density at radius 3 is 2.14 bits per heavy atom. The van der Waals surface area contributed by atoms with Gasteiger partial charge in [0.25, 0.3) is 0 Å². The van der Waals surface area contributed by atoms with Crippen molar-refractivity contribution in [1.29, 1.82) is 0 Å². The zero-order valence-electron chi connectivity index (χ0n) is 14.8. The molecule has 0 spiro atoms. The van der Waals surface area contributed by atoms with Crippen molar-refractivity contribution in [1.82, 2.24) is 4.90 Å². The van der Waals surface area contributed by atoms with E-state index < -0.39 is 5.60 Å². The Labute approximate surface area is 134 Å². The Morgan fingerprint density at radius 1 is 1.18 bits per heavy atom. The number of hydrogen-bond acceptors (Lipinski definition) is 4. The zero-order valence-corrected chi connectivity index (χ0v) is 14.8. The van der Waals surface area contributed by atoms with E-state index in [1.807, 2.05) is 54.4 Å². The van der Waals surface area contributed by atoms with Crippen molar-refractivity contribution in [3.8, 4) is 0 Å². The average molecular weight is 309 g/mol. The van der Waals surface area contributed by atoms with Gasteiger partial charge < -0.3 is 18.9 Å². The van der Waals surface area contributed by atoms with Crippen LogP contribution in [0.2, 0.25) is 0 Å². The number of nitrogens with zero attached hydrogens (tertiary/aromatic N) is 1. The first-order valence-electron chi connectivity index (χ1n) is 7.91. The second-order valence-corrected chi connectivity index (χ2v) is 8.16. The molecular formula is C16H28BNO4. The molecule has 0 aromatic rings. The minimum Gasteiger partial charge on any atom is -0.444 e. The molecule has 0 aliphatic carbocycles. The molecule has 2 aliphatic rings. The highest BCUT2D eigenvalue weighted by molar-refractivity contribution is 6.51. The Balaban J connectivity index is 1.78. The van der Waals surface area contributed by atoms with Crippen LogP contribution >= 0.6 is 0 Å². The van der Waals surface area contributed by atoms with E-state index in [0.29, 0.717) is 19.0 Å². The molecule has 2 saturated heterocycles. The van der Waals surface area contributed by atoms with Crippen LogP contribution in [0.5, 0.6) is 0 Å². The summed E-state index contributed by atoms with van der Waals surface area (Å²) in [5, 5.41) is 0. The Kier molecular flexibility index (Phi) is 4.39. The molecule has 22 heavy (non-hydrogen) atoms. The molecule has 2 aliphatic heterocycles. The van der Waals surface area contributed by atoms with Crippen LogP contribution in [0.1, 0.15) is 48.5 Å². The number of carbonyl (C=O) groups excluding carboxylic acids is 1. The molecule has 6 heteroatoms. The van der Waals surface area contributed by atoms with Crippen molar-refractivity contribution in [3.63, 3.8) is 0 Å². The summed E-state index contributed by atoms with van der Waals surface area (Å²) in [5.41, 5.74) is -1.07. The van der Waals surface area contributed by atoms with Crippen LogP contribution in [-0.4, -0.2) is 48.0 Å². The van der Waals surface area contributed by atoms with Crippen molar-refractivity contribution in [2.45, 2.75) is 65.3 Å². The van der Waals surface area contributed by atoms with E-state index in [1.54, 1.807) is 4.90 Å². The van der Waals surface area contributed by atoms with Gasteiger partial charge in [-0.05, 0) is 48.5 Å². The second-order valence-electron chi connectivity index (χ2n) is 8.16. The summed E-state index contributed by atoms with van der Waals surface area (Å²) in [6.45, 7) is 15.1. The molecule has 0 radical (unpaired) electrons. The van der Waals surface area contributed by atoms with Crippen molar-refractivity contribution in [2.75, 3.05) is 13.1 Å². The van der Waals surface area contributed by atoms with Crippen LogP contribution in [0.15, 0.2) is 12.1 Å². The van der Waals surface area contributed by atoms with E-state index in [4.69, 9.17) is 14.0 Å². The lowest BCUT2D eigenvalue weighted by Gasteiger charge is -2.38. The number of rotatable bonds is 2. The first-order chi connectivity index (χ1) is 9.90. The van der Waals surface area contributed by atoms with Gasteiger partial charge in [0.1, 0.15) is 5.60 Å². The predicted octanol–water partition coefficient (Wildman–Crippen LogP) is 3.04. The molecular weight excluding hydrogens is 281 g/mol. The largest absolute Gasteiger partial charge is 0.486 e. The van der Waals surface area contributed by atoms with Gasteiger partial charge in [-0.15, -0.1) is 0 Å². The molecule has 2 heterocycles. The SMILES string of the molecule is CC(C)(C)OC(=O)N1CC(/C=C/B2OC(C)(C)C(C)(C)O2)C1. The molecule has 0 saturated carbocycles. The highest BCUT2D eigenvalue weighted by Crippen LogP contribution is 2.37. The fourth-order valence-electron chi connectivity index (χ4n) is 2.33. The van der Waals surface area contributed by atoms with Crippen LogP contribution in [0.4, 0.5) is 4.79 Å². The Morgan fingerprint density at radius 2 is 1.68 bits per heavy atom. The number of likely N-dealkylation sites (tertiary alicyclic amines) is 1. The third kappa shape index (κ3) is 3.85. The van der Waals surface area contributed by atoms with Gasteiger partial charge in [0, 0.05) is 19.0 Å². The third-order valence-corrected chi connectivity index (χ3v) is 4.37. The maximum absolute atomic E-state index is 11.8. The summed E-state index contributed by atoms with van der Waals surface area (Å²) in [6, 6.07) is 0. The second kappa shape index (κ2) is 5.57. The van der Waals surface area contributed by atoms with Gasteiger partial charge in [0.15, 0.2) is 0 Å². The van der Waals surface area contributed by atoms with E-state index in [9.17, 15) is 4.79 Å². The molecule has 124 valence electrons.